The second-order valence-electron chi connectivity index (χ2n) is 2.88. The SMILES string of the molecule is NCC(c1cc(Br)ccc1O)C(F)F. The Balaban J connectivity index is 3.08. The Morgan fingerprint density at radius 3 is 2.57 bits per heavy atom. The molecule has 0 radical (unpaired) electrons. The summed E-state index contributed by atoms with van der Waals surface area (Å²) in [5.74, 6) is -1.27. The van der Waals surface area contributed by atoms with E-state index < -0.39 is 12.3 Å². The molecule has 5 heteroatoms. The number of hydrogen-bond donors (Lipinski definition) is 2. The quantitative estimate of drug-likeness (QED) is 0.882. The fourth-order valence-corrected chi connectivity index (χ4v) is 1.57. The molecule has 0 spiro atoms. The van der Waals surface area contributed by atoms with E-state index in [9.17, 15) is 13.9 Å². The molecule has 1 aromatic carbocycles. The smallest absolute Gasteiger partial charge is 0.246 e. The maximum atomic E-state index is 12.5. The Morgan fingerprint density at radius 1 is 1.43 bits per heavy atom. The summed E-state index contributed by atoms with van der Waals surface area (Å²) in [5.41, 5.74) is 5.40. The van der Waals surface area contributed by atoms with Crippen molar-refractivity contribution in [2.45, 2.75) is 12.3 Å². The van der Waals surface area contributed by atoms with Crippen LogP contribution in [0.25, 0.3) is 0 Å². The van der Waals surface area contributed by atoms with Gasteiger partial charge in [0.2, 0.25) is 6.43 Å². The van der Waals surface area contributed by atoms with Crippen LogP contribution in [0.1, 0.15) is 11.5 Å². The molecular weight excluding hydrogens is 256 g/mol. The first-order valence-electron chi connectivity index (χ1n) is 4.03. The van der Waals surface area contributed by atoms with Crippen molar-refractivity contribution in [2.24, 2.45) is 5.73 Å². The Labute approximate surface area is 88.9 Å². The Bertz CT molecular complexity index is 320. The number of halogens is 3. The fraction of sp³-hybridized carbons (Fsp3) is 0.333. The van der Waals surface area contributed by atoms with Gasteiger partial charge < -0.3 is 10.8 Å². The highest BCUT2D eigenvalue weighted by atomic mass is 79.9. The molecule has 0 aliphatic heterocycles. The number of rotatable bonds is 3. The van der Waals surface area contributed by atoms with Gasteiger partial charge in [0.05, 0.1) is 5.92 Å². The maximum Gasteiger partial charge on any atom is 0.246 e. The molecule has 78 valence electrons. The molecule has 1 atom stereocenters. The molecule has 0 fully saturated rings. The summed E-state index contributed by atoms with van der Waals surface area (Å²) < 4.78 is 25.6. The Morgan fingerprint density at radius 2 is 2.07 bits per heavy atom. The van der Waals surface area contributed by atoms with Gasteiger partial charge in [-0.05, 0) is 18.2 Å². The molecular formula is C9H10BrF2NO. The average molecular weight is 266 g/mol. The molecule has 1 aromatic rings. The van der Waals surface area contributed by atoms with E-state index in [2.05, 4.69) is 15.9 Å². The summed E-state index contributed by atoms with van der Waals surface area (Å²) in [7, 11) is 0. The summed E-state index contributed by atoms with van der Waals surface area (Å²) in [6.07, 6.45) is -2.57. The third kappa shape index (κ3) is 2.42. The van der Waals surface area contributed by atoms with Crippen molar-refractivity contribution < 1.29 is 13.9 Å². The van der Waals surface area contributed by atoms with Crippen molar-refractivity contribution in [2.75, 3.05) is 6.54 Å². The minimum Gasteiger partial charge on any atom is -0.508 e. The van der Waals surface area contributed by atoms with Crippen LogP contribution in [0.15, 0.2) is 22.7 Å². The second kappa shape index (κ2) is 4.70. The van der Waals surface area contributed by atoms with Crippen molar-refractivity contribution in [1.29, 1.82) is 0 Å². The first-order valence-corrected chi connectivity index (χ1v) is 4.82. The lowest BCUT2D eigenvalue weighted by molar-refractivity contribution is 0.116. The molecule has 0 saturated heterocycles. The van der Waals surface area contributed by atoms with Crippen LogP contribution < -0.4 is 5.73 Å². The number of phenolic OH excluding ortho intramolecular Hbond substituents is 1. The summed E-state index contributed by atoms with van der Waals surface area (Å²) in [5, 5.41) is 9.38. The molecule has 0 amide bonds. The molecule has 2 nitrogen and oxygen atoms in total. The van der Waals surface area contributed by atoms with Crippen molar-refractivity contribution in [3.8, 4) is 5.75 Å². The standard InChI is InChI=1S/C9H10BrF2NO/c10-5-1-2-8(14)6(3-5)7(4-13)9(11)12/h1-3,7,9,14H,4,13H2. The summed E-state index contributed by atoms with van der Waals surface area (Å²) in [6.45, 7) is -0.193. The first kappa shape index (κ1) is 11.4. The van der Waals surface area contributed by atoms with Gasteiger partial charge in [-0.2, -0.15) is 0 Å². The molecule has 0 bridgehead atoms. The number of aromatic hydroxyl groups is 1. The third-order valence-corrected chi connectivity index (χ3v) is 2.44. The molecule has 1 unspecified atom stereocenters. The lowest BCUT2D eigenvalue weighted by atomic mass is 9.99. The fourth-order valence-electron chi connectivity index (χ4n) is 1.19. The number of phenols is 1. The van der Waals surface area contributed by atoms with E-state index >= 15 is 0 Å². The molecule has 0 heterocycles. The van der Waals surface area contributed by atoms with Crippen LogP contribution in [0.2, 0.25) is 0 Å². The number of hydrogen-bond acceptors (Lipinski definition) is 2. The lowest BCUT2D eigenvalue weighted by Gasteiger charge is -2.15. The summed E-state index contributed by atoms with van der Waals surface area (Å²) in [4.78, 5) is 0. The van der Waals surface area contributed by atoms with E-state index in [-0.39, 0.29) is 17.9 Å². The zero-order valence-corrected chi connectivity index (χ0v) is 8.84. The zero-order valence-electron chi connectivity index (χ0n) is 7.25. The average Bonchev–Trinajstić information content (AvgIpc) is 2.11. The van der Waals surface area contributed by atoms with Gasteiger partial charge in [-0.3, -0.25) is 0 Å². The van der Waals surface area contributed by atoms with Crippen LogP contribution >= 0.6 is 15.9 Å². The highest BCUT2D eigenvalue weighted by Crippen LogP contribution is 2.31. The first-order chi connectivity index (χ1) is 6.56. The molecule has 14 heavy (non-hydrogen) atoms. The topological polar surface area (TPSA) is 46.2 Å². The van der Waals surface area contributed by atoms with Gasteiger partial charge in [-0.25, -0.2) is 8.78 Å². The second-order valence-corrected chi connectivity index (χ2v) is 3.80. The summed E-state index contributed by atoms with van der Waals surface area (Å²) in [6, 6.07) is 4.40. The van der Waals surface area contributed by atoms with E-state index in [1.54, 1.807) is 6.07 Å². The van der Waals surface area contributed by atoms with E-state index in [1.165, 1.54) is 12.1 Å². The predicted molar refractivity (Wildman–Crippen MR) is 53.6 cm³/mol. The Hall–Kier alpha value is -0.680. The molecule has 0 aromatic heterocycles. The minimum atomic E-state index is -2.57. The number of nitrogens with two attached hydrogens (primary N) is 1. The van der Waals surface area contributed by atoms with Crippen LogP contribution in [0.3, 0.4) is 0 Å². The van der Waals surface area contributed by atoms with Crippen LogP contribution in [0, 0.1) is 0 Å². The van der Waals surface area contributed by atoms with Gasteiger partial charge in [0, 0.05) is 16.6 Å². The highest BCUT2D eigenvalue weighted by Gasteiger charge is 2.23. The van der Waals surface area contributed by atoms with Crippen LogP contribution in [0.5, 0.6) is 5.75 Å². The minimum absolute atomic E-state index is 0.149. The molecule has 0 aliphatic carbocycles. The van der Waals surface area contributed by atoms with Gasteiger partial charge in [-0.15, -0.1) is 0 Å². The normalized spacial score (nSPS) is 13.2. The number of alkyl halides is 2. The van der Waals surface area contributed by atoms with E-state index in [4.69, 9.17) is 5.73 Å². The largest absolute Gasteiger partial charge is 0.508 e. The highest BCUT2D eigenvalue weighted by molar-refractivity contribution is 9.10. The summed E-state index contributed by atoms with van der Waals surface area (Å²) >= 11 is 3.15. The van der Waals surface area contributed by atoms with E-state index in [0.717, 1.165) is 0 Å². The zero-order chi connectivity index (χ0) is 10.7. The third-order valence-electron chi connectivity index (χ3n) is 1.95. The maximum absolute atomic E-state index is 12.5. The van der Waals surface area contributed by atoms with Crippen molar-refractivity contribution in [3.05, 3.63) is 28.2 Å². The van der Waals surface area contributed by atoms with E-state index in [1.807, 2.05) is 0 Å². The van der Waals surface area contributed by atoms with Crippen LogP contribution in [-0.2, 0) is 0 Å². The molecule has 3 N–H and O–H groups in total. The van der Waals surface area contributed by atoms with Crippen LogP contribution in [-0.4, -0.2) is 18.1 Å². The van der Waals surface area contributed by atoms with Gasteiger partial charge in [-0.1, -0.05) is 15.9 Å². The van der Waals surface area contributed by atoms with Crippen molar-refractivity contribution in [1.82, 2.24) is 0 Å². The number of benzene rings is 1. The van der Waals surface area contributed by atoms with Gasteiger partial charge in [0.1, 0.15) is 5.75 Å². The van der Waals surface area contributed by atoms with Gasteiger partial charge in [0.15, 0.2) is 0 Å². The Kier molecular flexibility index (Phi) is 3.83. The molecule has 0 aliphatic rings. The molecule has 0 saturated carbocycles. The van der Waals surface area contributed by atoms with Gasteiger partial charge >= 0.3 is 0 Å². The van der Waals surface area contributed by atoms with Crippen molar-refractivity contribution >= 4 is 15.9 Å². The van der Waals surface area contributed by atoms with Crippen LogP contribution in [0.4, 0.5) is 8.78 Å². The lowest BCUT2D eigenvalue weighted by Crippen LogP contribution is -2.19. The monoisotopic (exact) mass is 265 g/mol. The predicted octanol–water partition coefficient (Wildman–Crippen LogP) is 2.46. The molecule has 1 rings (SSSR count). The van der Waals surface area contributed by atoms with Gasteiger partial charge in [0.25, 0.3) is 0 Å². The van der Waals surface area contributed by atoms with Crippen molar-refractivity contribution in [3.63, 3.8) is 0 Å². The van der Waals surface area contributed by atoms with E-state index in [0.29, 0.717) is 4.47 Å².